The van der Waals surface area contributed by atoms with Gasteiger partial charge in [-0.15, -0.1) is 0 Å². The van der Waals surface area contributed by atoms with Crippen LogP contribution in [0.3, 0.4) is 0 Å². The lowest BCUT2D eigenvalue weighted by Crippen LogP contribution is -1.89. The molecule has 0 aromatic heterocycles. The van der Waals surface area contributed by atoms with E-state index < -0.39 is 0 Å². The zero-order valence-electron chi connectivity index (χ0n) is 6.93. The maximum absolute atomic E-state index is 10.2. The van der Waals surface area contributed by atoms with E-state index in [1.165, 1.54) is 6.20 Å². The molecule has 0 aliphatic heterocycles. The van der Waals surface area contributed by atoms with Gasteiger partial charge in [0.2, 0.25) is 0 Å². The smallest absolute Gasteiger partial charge is 0.162 e. The molecule has 0 aliphatic carbocycles. The van der Waals surface area contributed by atoms with Crippen molar-refractivity contribution < 1.29 is 4.79 Å². The summed E-state index contributed by atoms with van der Waals surface area (Å²) in [6, 6.07) is 5.33. The molecular formula is C9H6BrCl2NO. The zero-order valence-corrected chi connectivity index (χ0v) is 10.0. The van der Waals surface area contributed by atoms with Gasteiger partial charge in [0.05, 0.1) is 10.1 Å². The number of rotatable bonds is 3. The highest BCUT2D eigenvalue weighted by atomic mass is 79.9. The third kappa shape index (κ3) is 3.33. The monoisotopic (exact) mass is 293 g/mol. The second-order valence-corrected chi connectivity index (χ2v) is 4.12. The molecule has 0 radical (unpaired) electrons. The van der Waals surface area contributed by atoms with Gasteiger partial charge in [-0.05, 0) is 34.1 Å². The molecule has 1 aromatic rings. The molecule has 1 aromatic carbocycles. The predicted octanol–water partition coefficient (Wildman–Crippen LogP) is 3.79. The van der Waals surface area contributed by atoms with E-state index in [1.807, 2.05) is 0 Å². The Kier molecular flexibility index (Phi) is 4.45. The molecule has 5 heteroatoms. The summed E-state index contributed by atoms with van der Waals surface area (Å²) in [6.07, 6.45) is 1.95. The highest BCUT2D eigenvalue weighted by molar-refractivity contribution is 9.10. The molecule has 0 saturated heterocycles. The molecule has 1 rings (SSSR count). The standard InChI is InChI=1S/C9H6BrCl2NO/c10-8-2-1-7(3-9(8)12)13-4-6(11)5-14/h1-5,13H/b6-4+. The second-order valence-electron chi connectivity index (χ2n) is 2.42. The van der Waals surface area contributed by atoms with E-state index >= 15 is 0 Å². The minimum Gasteiger partial charge on any atom is -0.360 e. The van der Waals surface area contributed by atoms with Gasteiger partial charge >= 0.3 is 0 Å². The highest BCUT2D eigenvalue weighted by Crippen LogP contribution is 2.25. The average Bonchev–Trinajstić information content (AvgIpc) is 2.19. The fraction of sp³-hybridized carbons (Fsp3) is 0. The lowest BCUT2D eigenvalue weighted by molar-refractivity contribution is -0.104. The van der Waals surface area contributed by atoms with Gasteiger partial charge in [0.1, 0.15) is 0 Å². The largest absolute Gasteiger partial charge is 0.360 e. The van der Waals surface area contributed by atoms with E-state index in [4.69, 9.17) is 23.2 Å². The first kappa shape index (κ1) is 11.6. The van der Waals surface area contributed by atoms with Crippen LogP contribution in [0.2, 0.25) is 5.02 Å². The van der Waals surface area contributed by atoms with Crippen molar-refractivity contribution in [3.63, 3.8) is 0 Å². The van der Waals surface area contributed by atoms with Crippen LogP contribution in [0, 0.1) is 0 Å². The van der Waals surface area contributed by atoms with Gasteiger partial charge in [0, 0.05) is 16.4 Å². The van der Waals surface area contributed by atoms with Crippen molar-refractivity contribution in [2.45, 2.75) is 0 Å². The van der Waals surface area contributed by atoms with Crippen LogP contribution in [0.15, 0.2) is 33.9 Å². The van der Waals surface area contributed by atoms with Crippen LogP contribution in [0.1, 0.15) is 0 Å². The summed E-state index contributed by atoms with van der Waals surface area (Å²) >= 11 is 14.6. The van der Waals surface area contributed by atoms with Crippen LogP contribution in [-0.2, 0) is 4.79 Å². The first-order valence-electron chi connectivity index (χ1n) is 3.66. The molecule has 0 saturated carbocycles. The summed E-state index contributed by atoms with van der Waals surface area (Å²) in [7, 11) is 0. The maximum atomic E-state index is 10.2. The van der Waals surface area contributed by atoms with Gasteiger partial charge < -0.3 is 5.32 Å². The number of aldehydes is 1. The maximum Gasteiger partial charge on any atom is 0.162 e. The number of hydrogen-bond acceptors (Lipinski definition) is 2. The Hall–Kier alpha value is -0.510. The molecule has 0 fully saturated rings. The van der Waals surface area contributed by atoms with Crippen LogP contribution in [0.4, 0.5) is 5.69 Å². The number of nitrogens with one attached hydrogen (secondary N) is 1. The van der Waals surface area contributed by atoms with Crippen molar-refractivity contribution in [1.29, 1.82) is 0 Å². The average molecular weight is 295 g/mol. The molecular weight excluding hydrogens is 289 g/mol. The van der Waals surface area contributed by atoms with E-state index in [1.54, 1.807) is 18.2 Å². The Bertz CT molecular complexity index is 379. The SMILES string of the molecule is O=C/C(Cl)=C\Nc1ccc(Br)c(Cl)c1. The van der Waals surface area contributed by atoms with E-state index in [9.17, 15) is 4.79 Å². The first-order chi connectivity index (χ1) is 6.63. The Morgan fingerprint density at radius 3 is 2.79 bits per heavy atom. The fourth-order valence-electron chi connectivity index (χ4n) is 0.772. The normalized spacial score (nSPS) is 11.2. The number of halogens is 3. The molecule has 0 atom stereocenters. The van der Waals surface area contributed by atoms with Gasteiger partial charge in [0.15, 0.2) is 6.29 Å². The zero-order chi connectivity index (χ0) is 10.6. The van der Waals surface area contributed by atoms with E-state index in [-0.39, 0.29) is 5.03 Å². The highest BCUT2D eigenvalue weighted by Gasteiger charge is 1.97. The molecule has 0 amide bonds. The predicted molar refractivity (Wildman–Crippen MR) is 62.8 cm³/mol. The summed E-state index contributed by atoms with van der Waals surface area (Å²) in [5.74, 6) is 0. The topological polar surface area (TPSA) is 29.1 Å². The van der Waals surface area contributed by atoms with Crippen molar-refractivity contribution in [3.05, 3.63) is 38.9 Å². The van der Waals surface area contributed by atoms with Crippen LogP contribution in [0.5, 0.6) is 0 Å². The van der Waals surface area contributed by atoms with Crippen molar-refractivity contribution in [2.75, 3.05) is 5.32 Å². The summed E-state index contributed by atoms with van der Waals surface area (Å²) in [5.41, 5.74) is 0.762. The number of carbonyl (C=O) groups is 1. The molecule has 1 N–H and O–H groups in total. The quantitative estimate of drug-likeness (QED) is 0.679. The molecule has 0 heterocycles. The summed E-state index contributed by atoms with van der Waals surface area (Å²) in [4.78, 5) is 10.2. The number of hydrogen-bond donors (Lipinski definition) is 1. The second kappa shape index (κ2) is 5.39. The van der Waals surface area contributed by atoms with Gasteiger partial charge in [0.25, 0.3) is 0 Å². The fourth-order valence-corrected chi connectivity index (χ4v) is 1.25. The summed E-state index contributed by atoms with van der Waals surface area (Å²) in [6.45, 7) is 0. The first-order valence-corrected chi connectivity index (χ1v) is 5.21. The molecule has 74 valence electrons. The van der Waals surface area contributed by atoms with Crippen molar-refractivity contribution >= 4 is 51.1 Å². The van der Waals surface area contributed by atoms with Gasteiger partial charge in [-0.2, -0.15) is 0 Å². The minimum absolute atomic E-state index is 0.101. The third-order valence-corrected chi connectivity index (χ3v) is 2.84. The Balaban J connectivity index is 2.78. The van der Waals surface area contributed by atoms with Crippen LogP contribution in [-0.4, -0.2) is 6.29 Å². The number of carbonyl (C=O) groups excluding carboxylic acids is 1. The minimum atomic E-state index is 0.101. The molecule has 0 bridgehead atoms. The molecule has 0 aliphatic rings. The summed E-state index contributed by atoms with van der Waals surface area (Å²) < 4.78 is 0.815. The Labute approximate surface area is 100 Å². The Morgan fingerprint density at radius 2 is 2.21 bits per heavy atom. The van der Waals surface area contributed by atoms with Crippen LogP contribution in [0.25, 0.3) is 0 Å². The number of allylic oxidation sites excluding steroid dienone is 1. The molecule has 14 heavy (non-hydrogen) atoms. The lowest BCUT2D eigenvalue weighted by atomic mass is 10.3. The van der Waals surface area contributed by atoms with Crippen LogP contribution < -0.4 is 5.32 Å². The van der Waals surface area contributed by atoms with Crippen molar-refractivity contribution in [1.82, 2.24) is 0 Å². The van der Waals surface area contributed by atoms with Gasteiger partial charge in [-0.25, -0.2) is 0 Å². The van der Waals surface area contributed by atoms with E-state index in [0.717, 1.165) is 10.2 Å². The van der Waals surface area contributed by atoms with Gasteiger partial charge in [-0.1, -0.05) is 23.2 Å². The third-order valence-electron chi connectivity index (χ3n) is 1.41. The van der Waals surface area contributed by atoms with E-state index in [2.05, 4.69) is 21.2 Å². The van der Waals surface area contributed by atoms with Crippen molar-refractivity contribution in [3.8, 4) is 0 Å². The summed E-state index contributed by atoms with van der Waals surface area (Å²) in [5, 5.41) is 3.52. The lowest BCUT2D eigenvalue weighted by Gasteiger charge is -2.02. The molecule has 0 unspecified atom stereocenters. The molecule has 0 spiro atoms. The number of benzene rings is 1. The van der Waals surface area contributed by atoms with Crippen LogP contribution >= 0.6 is 39.1 Å². The Morgan fingerprint density at radius 1 is 1.50 bits per heavy atom. The van der Waals surface area contributed by atoms with Gasteiger partial charge in [-0.3, -0.25) is 4.79 Å². The molecule has 2 nitrogen and oxygen atoms in total. The van der Waals surface area contributed by atoms with E-state index in [0.29, 0.717) is 11.3 Å². The number of anilines is 1. The van der Waals surface area contributed by atoms with Crippen molar-refractivity contribution in [2.24, 2.45) is 0 Å².